The number of anilines is 1. The number of nitrogens with zero attached hydrogens (tertiary/aromatic N) is 1. The van der Waals surface area contributed by atoms with Gasteiger partial charge in [-0.15, -0.1) is 0 Å². The van der Waals surface area contributed by atoms with E-state index < -0.39 is 10.0 Å². The number of piperidine rings is 1. The number of phenols is 1. The fourth-order valence-corrected chi connectivity index (χ4v) is 5.33. The van der Waals surface area contributed by atoms with Gasteiger partial charge >= 0.3 is 0 Å². The lowest BCUT2D eigenvalue weighted by molar-refractivity contribution is 0.202. The van der Waals surface area contributed by atoms with Crippen molar-refractivity contribution in [2.45, 2.75) is 43.0 Å². The molecule has 0 spiro atoms. The van der Waals surface area contributed by atoms with Gasteiger partial charge in [0, 0.05) is 12.6 Å². The molecule has 1 heterocycles. The normalized spacial score (nSPS) is 27.4. The fourth-order valence-electron chi connectivity index (χ4n) is 3.54. The maximum Gasteiger partial charge on any atom is 0.243 e. The quantitative estimate of drug-likeness (QED) is 0.645. The molecule has 3 rings (SSSR count). The lowest BCUT2D eigenvalue weighted by Crippen LogP contribution is -2.46. The van der Waals surface area contributed by atoms with Crippen LogP contribution >= 0.6 is 0 Å². The molecule has 2 unspecified atom stereocenters. The molecule has 1 saturated carbocycles. The van der Waals surface area contributed by atoms with Gasteiger partial charge in [0.25, 0.3) is 0 Å². The number of benzene rings is 1. The van der Waals surface area contributed by atoms with E-state index in [0.717, 1.165) is 32.1 Å². The van der Waals surface area contributed by atoms with Crippen LogP contribution < -0.4 is 5.73 Å². The van der Waals surface area contributed by atoms with Crippen molar-refractivity contribution in [1.82, 2.24) is 4.31 Å². The van der Waals surface area contributed by atoms with E-state index in [1.54, 1.807) is 4.31 Å². The predicted molar refractivity (Wildman–Crippen MR) is 76.8 cm³/mol. The Morgan fingerprint density at radius 3 is 2.70 bits per heavy atom. The van der Waals surface area contributed by atoms with Gasteiger partial charge in [-0.05, 0) is 49.8 Å². The van der Waals surface area contributed by atoms with E-state index >= 15 is 0 Å². The number of nitrogen functional groups attached to an aromatic ring is 1. The molecule has 2 atom stereocenters. The molecule has 3 N–H and O–H groups in total. The summed E-state index contributed by atoms with van der Waals surface area (Å²) in [6.45, 7) is 0.588. The average Bonchev–Trinajstić information content (AvgIpc) is 2.89. The number of hydrogen-bond acceptors (Lipinski definition) is 4. The minimum absolute atomic E-state index is 0.0821. The Kier molecular flexibility index (Phi) is 3.38. The summed E-state index contributed by atoms with van der Waals surface area (Å²) in [5.74, 6) is 0.425. The largest absolute Gasteiger partial charge is 0.506 e. The van der Waals surface area contributed by atoms with E-state index in [4.69, 9.17) is 5.73 Å². The minimum Gasteiger partial charge on any atom is -0.506 e. The maximum atomic E-state index is 12.8. The Bertz CT molecular complexity index is 615. The number of fused-ring (bicyclic) bond motifs is 1. The zero-order chi connectivity index (χ0) is 14.3. The van der Waals surface area contributed by atoms with Crippen LogP contribution in [0, 0.1) is 5.92 Å². The molecule has 1 aliphatic carbocycles. The highest BCUT2D eigenvalue weighted by atomic mass is 32.2. The van der Waals surface area contributed by atoms with Crippen LogP contribution in [0.25, 0.3) is 0 Å². The van der Waals surface area contributed by atoms with Crippen molar-refractivity contribution in [3.63, 3.8) is 0 Å². The van der Waals surface area contributed by atoms with Crippen LogP contribution in [0.5, 0.6) is 5.75 Å². The van der Waals surface area contributed by atoms with E-state index in [2.05, 4.69) is 0 Å². The number of sulfonamides is 1. The van der Waals surface area contributed by atoms with Crippen molar-refractivity contribution < 1.29 is 13.5 Å². The molecular weight excluding hydrogens is 276 g/mol. The number of hydrogen-bond donors (Lipinski definition) is 2. The van der Waals surface area contributed by atoms with Crippen LogP contribution in [0.3, 0.4) is 0 Å². The Hall–Kier alpha value is -1.27. The Balaban J connectivity index is 1.96. The number of aromatic hydroxyl groups is 1. The first kappa shape index (κ1) is 13.7. The minimum atomic E-state index is -3.51. The average molecular weight is 296 g/mol. The summed E-state index contributed by atoms with van der Waals surface area (Å²) in [5, 5.41) is 9.44. The van der Waals surface area contributed by atoms with Gasteiger partial charge in [-0.25, -0.2) is 8.42 Å². The molecule has 110 valence electrons. The van der Waals surface area contributed by atoms with Crippen molar-refractivity contribution in [3.8, 4) is 5.75 Å². The van der Waals surface area contributed by atoms with Crippen molar-refractivity contribution in [1.29, 1.82) is 0 Å². The highest BCUT2D eigenvalue weighted by Crippen LogP contribution is 2.39. The van der Waals surface area contributed by atoms with Gasteiger partial charge in [-0.3, -0.25) is 0 Å². The van der Waals surface area contributed by atoms with E-state index in [1.165, 1.54) is 18.2 Å². The summed E-state index contributed by atoms with van der Waals surface area (Å²) in [5.41, 5.74) is 5.72. The van der Waals surface area contributed by atoms with Crippen molar-refractivity contribution >= 4 is 15.7 Å². The Morgan fingerprint density at radius 1 is 1.20 bits per heavy atom. The third-order valence-corrected chi connectivity index (χ3v) is 6.47. The second-order valence-corrected chi connectivity index (χ2v) is 7.63. The van der Waals surface area contributed by atoms with E-state index in [-0.39, 0.29) is 22.4 Å². The lowest BCUT2D eigenvalue weighted by atomic mass is 9.94. The molecule has 20 heavy (non-hydrogen) atoms. The standard InChI is InChI=1S/C14H20N2O3S/c15-12-9-11(6-7-14(12)17)20(18,19)16-8-2-4-10-3-1-5-13(10)16/h6-7,9-10,13,17H,1-5,8,15H2. The second-order valence-electron chi connectivity index (χ2n) is 5.74. The van der Waals surface area contributed by atoms with Crippen molar-refractivity contribution in [3.05, 3.63) is 18.2 Å². The van der Waals surface area contributed by atoms with Crippen LogP contribution in [-0.2, 0) is 10.0 Å². The summed E-state index contributed by atoms with van der Waals surface area (Å²) in [7, 11) is -3.51. The fraction of sp³-hybridized carbons (Fsp3) is 0.571. The van der Waals surface area contributed by atoms with Crippen LogP contribution in [0.1, 0.15) is 32.1 Å². The van der Waals surface area contributed by atoms with Crippen LogP contribution in [0.15, 0.2) is 23.1 Å². The molecule has 2 aliphatic rings. The molecule has 1 saturated heterocycles. The molecule has 5 nitrogen and oxygen atoms in total. The van der Waals surface area contributed by atoms with Gasteiger partial charge in [-0.1, -0.05) is 6.42 Å². The topological polar surface area (TPSA) is 83.6 Å². The van der Waals surface area contributed by atoms with Crippen molar-refractivity contribution in [2.24, 2.45) is 5.92 Å². The number of rotatable bonds is 2. The maximum absolute atomic E-state index is 12.8. The summed E-state index contributed by atoms with van der Waals surface area (Å²) in [6.07, 6.45) is 5.26. The molecule has 0 bridgehead atoms. The molecule has 0 radical (unpaired) electrons. The second kappa shape index (κ2) is 4.93. The smallest absolute Gasteiger partial charge is 0.243 e. The summed E-state index contributed by atoms with van der Waals surface area (Å²) >= 11 is 0. The third kappa shape index (κ3) is 2.16. The van der Waals surface area contributed by atoms with E-state index in [9.17, 15) is 13.5 Å². The Morgan fingerprint density at radius 2 is 1.95 bits per heavy atom. The van der Waals surface area contributed by atoms with Gasteiger partial charge < -0.3 is 10.8 Å². The van der Waals surface area contributed by atoms with E-state index in [1.807, 2.05) is 0 Å². The lowest BCUT2D eigenvalue weighted by Gasteiger charge is -2.36. The molecule has 2 fully saturated rings. The summed E-state index contributed by atoms with van der Waals surface area (Å²) < 4.78 is 27.2. The number of nitrogens with two attached hydrogens (primary N) is 1. The van der Waals surface area contributed by atoms with Crippen LogP contribution in [-0.4, -0.2) is 30.4 Å². The molecule has 0 amide bonds. The predicted octanol–water partition coefficient (Wildman–Crippen LogP) is 1.93. The first-order valence-electron chi connectivity index (χ1n) is 7.10. The van der Waals surface area contributed by atoms with Gasteiger partial charge in [-0.2, -0.15) is 4.31 Å². The number of phenolic OH excluding ortho intramolecular Hbond substituents is 1. The monoisotopic (exact) mass is 296 g/mol. The summed E-state index contributed by atoms with van der Waals surface area (Å²) in [6, 6.07) is 4.27. The van der Waals surface area contributed by atoms with Crippen LogP contribution in [0.2, 0.25) is 0 Å². The van der Waals surface area contributed by atoms with E-state index in [0.29, 0.717) is 12.5 Å². The first-order valence-corrected chi connectivity index (χ1v) is 8.54. The highest BCUT2D eigenvalue weighted by Gasteiger charge is 2.41. The van der Waals surface area contributed by atoms with Gasteiger partial charge in [0.05, 0.1) is 10.6 Å². The van der Waals surface area contributed by atoms with Crippen LogP contribution in [0.4, 0.5) is 5.69 Å². The zero-order valence-electron chi connectivity index (χ0n) is 11.3. The van der Waals surface area contributed by atoms with Gasteiger partial charge in [0.2, 0.25) is 10.0 Å². The molecule has 1 aliphatic heterocycles. The molecule has 1 aromatic carbocycles. The molecule has 1 aromatic rings. The van der Waals surface area contributed by atoms with Gasteiger partial charge in [0.15, 0.2) is 0 Å². The summed E-state index contributed by atoms with van der Waals surface area (Å²) in [4.78, 5) is 0.181. The zero-order valence-corrected chi connectivity index (χ0v) is 12.1. The van der Waals surface area contributed by atoms with Gasteiger partial charge in [0.1, 0.15) is 5.75 Å². The molecule has 6 heteroatoms. The molecule has 0 aromatic heterocycles. The Labute approximate surface area is 119 Å². The first-order chi connectivity index (χ1) is 9.50. The van der Waals surface area contributed by atoms with Crippen molar-refractivity contribution in [2.75, 3.05) is 12.3 Å². The third-order valence-electron chi connectivity index (χ3n) is 4.55. The molecular formula is C14H20N2O3S. The highest BCUT2D eigenvalue weighted by molar-refractivity contribution is 7.89. The SMILES string of the molecule is Nc1cc(S(=O)(=O)N2CCCC3CCCC32)ccc1O.